The summed E-state index contributed by atoms with van der Waals surface area (Å²) < 4.78 is 0. The Morgan fingerprint density at radius 2 is 1.68 bits per heavy atom. The highest BCUT2D eigenvalue weighted by molar-refractivity contribution is 7.12. The van der Waals surface area contributed by atoms with Crippen LogP contribution in [0.3, 0.4) is 0 Å². The number of benzene rings is 1. The summed E-state index contributed by atoms with van der Waals surface area (Å²) in [5.41, 5.74) is 1.31. The molecule has 0 saturated heterocycles. The van der Waals surface area contributed by atoms with Gasteiger partial charge < -0.3 is 10.6 Å². The highest BCUT2D eigenvalue weighted by atomic mass is 35.5. The zero-order valence-corrected chi connectivity index (χ0v) is 11.4. The van der Waals surface area contributed by atoms with E-state index in [1.54, 1.807) is 30.3 Å². The Kier molecular flexibility index (Phi) is 4.54. The maximum Gasteiger partial charge on any atom is 0.265 e. The SMILES string of the molecule is O=C(CCl)Nc1ccc(NC(=O)c2cccs2)cc1. The molecule has 1 aromatic heterocycles. The van der Waals surface area contributed by atoms with E-state index in [-0.39, 0.29) is 17.7 Å². The Labute approximate surface area is 119 Å². The molecule has 0 unspecified atom stereocenters. The number of hydrogen-bond donors (Lipinski definition) is 2. The average Bonchev–Trinajstić information content (AvgIpc) is 2.95. The molecular weight excluding hydrogens is 284 g/mol. The summed E-state index contributed by atoms with van der Waals surface area (Å²) in [6, 6.07) is 10.4. The quantitative estimate of drug-likeness (QED) is 0.851. The molecule has 2 amide bonds. The fourth-order valence-electron chi connectivity index (χ4n) is 1.43. The molecule has 0 aliphatic heterocycles. The second-order valence-corrected chi connectivity index (χ2v) is 4.91. The molecule has 98 valence electrons. The second-order valence-electron chi connectivity index (χ2n) is 3.69. The lowest BCUT2D eigenvalue weighted by Gasteiger charge is -2.06. The number of alkyl halides is 1. The minimum atomic E-state index is -0.267. The molecule has 6 heteroatoms. The Morgan fingerprint density at radius 1 is 1.05 bits per heavy atom. The number of rotatable bonds is 4. The summed E-state index contributed by atoms with van der Waals surface area (Å²) in [5.74, 6) is -0.499. The Hall–Kier alpha value is -1.85. The highest BCUT2D eigenvalue weighted by Crippen LogP contribution is 2.16. The van der Waals surface area contributed by atoms with Gasteiger partial charge in [-0.2, -0.15) is 0 Å². The lowest BCUT2D eigenvalue weighted by atomic mass is 10.2. The molecule has 0 atom stereocenters. The number of hydrogen-bond acceptors (Lipinski definition) is 3. The summed E-state index contributed by atoms with van der Waals surface area (Å²) in [6.07, 6.45) is 0. The Morgan fingerprint density at radius 3 is 2.21 bits per heavy atom. The third-order valence-electron chi connectivity index (χ3n) is 2.29. The first kappa shape index (κ1) is 13.6. The van der Waals surface area contributed by atoms with Crippen LogP contribution >= 0.6 is 22.9 Å². The molecular formula is C13H11ClN2O2S. The van der Waals surface area contributed by atoms with Gasteiger partial charge in [0.05, 0.1) is 4.88 Å². The summed E-state index contributed by atoms with van der Waals surface area (Å²) in [4.78, 5) is 23.5. The summed E-state index contributed by atoms with van der Waals surface area (Å²) in [5, 5.41) is 7.24. The van der Waals surface area contributed by atoms with Gasteiger partial charge in [0.15, 0.2) is 0 Å². The van der Waals surface area contributed by atoms with E-state index in [4.69, 9.17) is 11.6 Å². The highest BCUT2D eigenvalue weighted by Gasteiger charge is 2.06. The number of thiophene rings is 1. The Bertz CT molecular complexity index is 567. The molecule has 19 heavy (non-hydrogen) atoms. The standard InChI is InChI=1S/C13H11ClN2O2S/c14-8-12(17)15-9-3-5-10(6-4-9)16-13(18)11-2-1-7-19-11/h1-7H,8H2,(H,15,17)(H,16,18). The predicted octanol–water partition coefficient (Wildman–Crippen LogP) is 3.18. The maximum atomic E-state index is 11.8. The Balaban J connectivity index is 1.99. The van der Waals surface area contributed by atoms with Crippen LogP contribution in [0.4, 0.5) is 11.4 Å². The number of carbonyl (C=O) groups is 2. The average molecular weight is 295 g/mol. The van der Waals surface area contributed by atoms with Crippen LogP contribution in [0.5, 0.6) is 0 Å². The summed E-state index contributed by atoms with van der Waals surface area (Å²) in [7, 11) is 0. The predicted molar refractivity (Wildman–Crippen MR) is 78.1 cm³/mol. The molecule has 1 aromatic carbocycles. The number of nitrogens with one attached hydrogen (secondary N) is 2. The van der Waals surface area contributed by atoms with Crippen molar-refractivity contribution in [2.45, 2.75) is 0 Å². The molecule has 0 spiro atoms. The van der Waals surface area contributed by atoms with Gasteiger partial charge in [0, 0.05) is 11.4 Å². The van der Waals surface area contributed by atoms with Gasteiger partial charge in [0.1, 0.15) is 5.88 Å². The van der Waals surface area contributed by atoms with Crippen molar-refractivity contribution < 1.29 is 9.59 Å². The fraction of sp³-hybridized carbons (Fsp3) is 0.0769. The van der Waals surface area contributed by atoms with Gasteiger partial charge in [-0.15, -0.1) is 22.9 Å². The van der Waals surface area contributed by atoms with E-state index < -0.39 is 0 Å². The zero-order chi connectivity index (χ0) is 13.7. The van der Waals surface area contributed by atoms with Crippen molar-refractivity contribution in [3.05, 3.63) is 46.7 Å². The molecule has 2 N–H and O–H groups in total. The van der Waals surface area contributed by atoms with E-state index in [1.807, 2.05) is 11.4 Å². The van der Waals surface area contributed by atoms with Crippen LogP contribution in [0.25, 0.3) is 0 Å². The van der Waals surface area contributed by atoms with Crippen LogP contribution in [0.2, 0.25) is 0 Å². The van der Waals surface area contributed by atoms with Gasteiger partial charge in [0.25, 0.3) is 5.91 Å². The van der Waals surface area contributed by atoms with Crippen LogP contribution in [-0.4, -0.2) is 17.7 Å². The molecule has 0 aliphatic carbocycles. The smallest absolute Gasteiger partial charge is 0.265 e. The van der Waals surface area contributed by atoms with Crippen LogP contribution in [0, 0.1) is 0 Å². The molecule has 0 saturated carbocycles. The van der Waals surface area contributed by atoms with Gasteiger partial charge >= 0.3 is 0 Å². The molecule has 2 aromatic rings. The minimum absolute atomic E-state index is 0.0864. The van der Waals surface area contributed by atoms with E-state index >= 15 is 0 Å². The van der Waals surface area contributed by atoms with Crippen LogP contribution in [0.1, 0.15) is 9.67 Å². The van der Waals surface area contributed by atoms with Gasteiger partial charge in [-0.3, -0.25) is 9.59 Å². The maximum absolute atomic E-state index is 11.8. The topological polar surface area (TPSA) is 58.2 Å². The third kappa shape index (κ3) is 3.81. The van der Waals surface area contributed by atoms with E-state index in [0.717, 1.165) is 0 Å². The van der Waals surface area contributed by atoms with Gasteiger partial charge in [0.2, 0.25) is 5.91 Å². The first-order valence-electron chi connectivity index (χ1n) is 5.50. The summed E-state index contributed by atoms with van der Waals surface area (Å²) in [6.45, 7) is 0. The number of carbonyl (C=O) groups excluding carboxylic acids is 2. The molecule has 1 heterocycles. The van der Waals surface area contributed by atoms with Crippen molar-refractivity contribution in [2.75, 3.05) is 16.5 Å². The van der Waals surface area contributed by atoms with Crippen molar-refractivity contribution in [2.24, 2.45) is 0 Å². The lowest BCUT2D eigenvalue weighted by Crippen LogP contribution is -2.13. The number of halogens is 1. The minimum Gasteiger partial charge on any atom is -0.325 e. The van der Waals surface area contributed by atoms with Crippen LogP contribution < -0.4 is 10.6 Å². The molecule has 4 nitrogen and oxygen atoms in total. The van der Waals surface area contributed by atoms with Gasteiger partial charge in [-0.05, 0) is 35.7 Å². The van der Waals surface area contributed by atoms with E-state index in [9.17, 15) is 9.59 Å². The van der Waals surface area contributed by atoms with Gasteiger partial charge in [-0.1, -0.05) is 6.07 Å². The van der Waals surface area contributed by atoms with E-state index in [2.05, 4.69) is 10.6 Å². The second kappa shape index (κ2) is 6.36. The van der Waals surface area contributed by atoms with Crippen LogP contribution in [0.15, 0.2) is 41.8 Å². The number of amides is 2. The van der Waals surface area contributed by atoms with Crippen molar-refractivity contribution in [3.8, 4) is 0 Å². The lowest BCUT2D eigenvalue weighted by molar-refractivity contribution is -0.113. The van der Waals surface area contributed by atoms with Gasteiger partial charge in [-0.25, -0.2) is 0 Å². The molecule has 0 fully saturated rings. The number of anilines is 2. The van der Waals surface area contributed by atoms with Crippen molar-refractivity contribution >= 4 is 46.1 Å². The fourth-order valence-corrected chi connectivity index (χ4v) is 2.12. The third-order valence-corrected chi connectivity index (χ3v) is 3.40. The van der Waals surface area contributed by atoms with Crippen LogP contribution in [-0.2, 0) is 4.79 Å². The van der Waals surface area contributed by atoms with E-state index in [0.29, 0.717) is 16.3 Å². The van der Waals surface area contributed by atoms with Crippen molar-refractivity contribution in [3.63, 3.8) is 0 Å². The monoisotopic (exact) mass is 294 g/mol. The van der Waals surface area contributed by atoms with Crippen molar-refractivity contribution in [1.29, 1.82) is 0 Å². The first-order valence-corrected chi connectivity index (χ1v) is 6.91. The van der Waals surface area contributed by atoms with E-state index in [1.165, 1.54) is 11.3 Å². The van der Waals surface area contributed by atoms with Crippen molar-refractivity contribution in [1.82, 2.24) is 0 Å². The first-order chi connectivity index (χ1) is 9.19. The molecule has 0 aliphatic rings. The molecule has 0 radical (unpaired) electrons. The zero-order valence-electron chi connectivity index (χ0n) is 9.85. The largest absolute Gasteiger partial charge is 0.325 e. The molecule has 2 rings (SSSR count). The molecule has 0 bridgehead atoms. The normalized spacial score (nSPS) is 9.95. The summed E-state index contributed by atoms with van der Waals surface area (Å²) >= 11 is 6.77.